The van der Waals surface area contributed by atoms with E-state index >= 15 is 0 Å². The van der Waals surface area contributed by atoms with Crippen LogP contribution in [0.25, 0.3) is 10.3 Å². The van der Waals surface area contributed by atoms with Gasteiger partial charge in [-0.3, -0.25) is 9.36 Å². The summed E-state index contributed by atoms with van der Waals surface area (Å²) in [7, 11) is 1.53. The Hall–Kier alpha value is -0.960. The quantitative estimate of drug-likeness (QED) is 0.788. The third-order valence-corrected chi connectivity index (χ3v) is 4.56. The molecule has 0 aliphatic rings. The number of hydrogen-bond acceptors (Lipinski definition) is 6. The predicted octanol–water partition coefficient (Wildman–Crippen LogP) is 0.181. The second-order valence-electron chi connectivity index (χ2n) is 3.60. The van der Waals surface area contributed by atoms with E-state index in [1.165, 1.54) is 24.8 Å². The van der Waals surface area contributed by atoms with Crippen LogP contribution in [0.3, 0.4) is 0 Å². The van der Waals surface area contributed by atoms with Crippen LogP contribution in [0, 0.1) is 0 Å². The van der Waals surface area contributed by atoms with Gasteiger partial charge >= 0.3 is 4.34 Å². The van der Waals surface area contributed by atoms with Crippen molar-refractivity contribution in [3.05, 3.63) is 16.2 Å². The summed E-state index contributed by atoms with van der Waals surface area (Å²) in [4.78, 5) is 20.5. The summed E-state index contributed by atoms with van der Waals surface area (Å²) >= 11 is -0.124. The lowest BCUT2D eigenvalue weighted by atomic mass is 10.3. The van der Waals surface area contributed by atoms with Gasteiger partial charge < -0.3 is 9.66 Å². The van der Waals surface area contributed by atoms with E-state index in [0.717, 1.165) is 11.3 Å². The maximum absolute atomic E-state index is 11.9. The minimum Gasteiger partial charge on any atom is -0.610 e. The number of aliphatic hydroxyl groups is 1. The SMILES string of the molecule is CC(O)c1nc2sc([S+](C)[O-])nc2c(=O)n1C. The Bertz CT molecular complexity index is 618. The summed E-state index contributed by atoms with van der Waals surface area (Å²) in [5, 5.41) is 9.51. The van der Waals surface area contributed by atoms with Crippen LogP contribution in [-0.4, -0.2) is 30.5 Å². The van der Waals surface area contributed by atoms with Gasteiger partial charge in [-0.1, -0.05) is 0 Å². The molecule has 0 saturated carbocycles. The summed E-state index contributed by atoms with van der Waals surface area (Å²) in [6.45, 7) is 1.54. The van der Waals surface area contributed by atoms with E-state index in [1.807, 2.05) is 0 Å². The number of aromatic nitrogens is 3. The van der Waals surface area contributed by atoms with Crippen LogP contribution in [-0.2, 0) is 18.2 Å². The number of nitrogens with zero attached hydrogens (tertiary/aromatic N) is 3. The Kier molecular flexibility index (Phi) is 3.21. The van der Waals surface area contributed by atoms with Crippen molar-refractivity contribution < 1.29 is 9.66 Å². The van der Waals surface area contributed by atoms with Gasteiger partial charge in [0.25, 0.3) is 5.56 Å². The zero-order chi connectivity index (χ0) is 12.7. The largest absolute Gasteiger partial charge is 0.610 e. The lowest BCUT2D eigenvalue weighted by Gasteiger charge is -2.08. The Morgan fingerprint density at radius 2 is 2.18 bits per heavy atom. The van der Waals surface area contributed by atoms with Crippen molar-refractivity contribution in [2.75, 3.05) is 6.26 Å². The highest BCUT2D eigenvalue weighted by Gasteiger charge is 2.19. The van der Waals surface area contributed by atoms with Gasteiger partial charge in [0.1, 0.15) is 18.2 Å². The molecule has 6 nitrogen and oxygen atoms in total. The summed E-state index contributed by atoms with van der Waals surface area (Å²) in [5.74, 6) is 0.277. The average Bonchev–Trinajstić information content (AvgIpc) is 2.67. The number of fused-ring (bicyclic) bond motifs is 1. The molecule has 17 heavy (non-hydrogen) atoms. The van der Waals surface area contributed by atoms with Gasteiger partial charge in [0, 0.05) is 18.2 Å². The molecule has 2 aromatic rings. The highest BCUT2D eigenvalue weighted by Crippen LogP contribution is 2.22. The molecule has 0 aliphatic heterocycles. The van der Waals surface area contributed by atoms with Crippen LogP contribution in [0.15, 0.2) is 9.13 Å². The standard InChI is InChI=1S/C9H11N3O3S2/c1-4(13)6-11-7-5(8(14)12(6)2)10-9(16-7)17(3)15/h4,13H,1-3H3. The van der Waals surface area contributed by atoms with Crippen LogP contribution in [0.2, 0.25) is 0 Å². The zero-order valence-electron chi connectivity index (χ0n) is 9.50. The van der Waals surface area contributed by atoms with Gasteiger partial charge in [-0.2, -0.15) is 4.98 Å². The summed E-state index contributed by atoms with van der Waals surface area (Å²) in [6, 6.07) is 0. The summed E-state index contributed by atoms with van der Waals surface area (Å²) < 4.78 is 12.9. The molecule has 0 aromatic carbocycles. The number of thiazole rings is 1. The highest BCUT2D eigenvalue weighted by atomic mass is 32.2. The third kappa shape index (κ3) is 2.08. The van der Waals surface area contributed by atoms with Gasteiger partial charge in [-0.25, -0.2) is 4.98 Å². The Morgan fingerprint density at radius 1 is 1.53 bits per heavy atom. The number of hydrogen-bond donors (Lipinski definition) is 1. The Balaban J connectivity index is 2.78. The van der Waals surface area contributed by atoms with Crippen LogP contribution in [0.5, 0.6) is 0 Å². The first-order valence-electron chi connectivity index (χ1n) is 4.80. The highest BCUT2D eigenvalue weighted by molar-refractivity contribution is 7.92. The molecule has 2 rings (SSSR count). The first-order valence-corrected chi connectivity index (χ1v) is 7.18. The van der Waals surface area contributed by atoms with E-state index in [0.29, 0.717) is 9.17 Å². The molecule has 2 heterocycles. The minimum atomic E-state index is -1.24. The molecular formula is C9H11N3O3S2. The van der Waals surface area contributed by atoms with Gasteiger partial charge in [-0.05, 0) is 18.3 Å². The van der Waals surface area contributed by atoms with Gasteiger partial charge in [0.15, 0.2) is 10.3 Å². The fourth-order valence-electron chi connectivity index (χ4n) is 1.45. The van der Waals surface area contributed by atoms with Gasteiger partial charge in [-0.15, -0.1) is 0 Å². The molecule has 2 unspecified atom stereocenters. The van der Waals surface area contributed by atoms with E-state index in [2.05, 4.69) is 9.97 Å². The van der Waals surface area contributed by atoms with Gasteiger partial charge in [0.05, 0.1) is 0 Å². The lowest BCUT2D eigenvalue weighted by Crippen LogP contribution is -2.23. The topological polar surface area (TPSA) is 91.1 Å². The van der Waals surface area contributed by atoms with Gasteiger partial charge in [0.2, 0.25) is 0 Å². The maximum atomic E-state index is 11.9. The third-order valence-electron chi connectivity index (χ3n) is 2.28. The molecule has 0 aliphatic carbocycles. The maximum Gasteiger partial charge on any atom is 0.304 e. The fourth-order valence-corrected chi connectivity index (χ4v) is 3.04. The molecule has 0 radical (unpaired) electrons. The van der Waals surface area contributed by atoms with Crippen molar-refractivity contribution in [1.82, 2.24) is 14.5 Å². The molecule has 0 fully saturated rings. The second-order valence-corrected chi connectivity index (χ2v) is 6.13. The smallest absolute Gasteiger partial charge is 0.304 e. The molecule has 0 amide bonds. The molecule has 2 aromatic heterocycles. The van der Waals surface area contributed by atoms with Crippen molar-refractivity contribution >= 4 is 32.9 Å². The molecule has 0 saturated heterocycles. The van der Waals surface area contributed by atoms with E-state index in [-0.39, 0.29) is 16.9 Å². The number of aliphatic hydroxyl groups excluding tert-OH is 1. The van der Waals surface area contributed by atoms with E-state index in [9.17, 15) is 14.5 Å². The normalized spacial score (nSPS) is 15.1. The van der Waals surface area contributed by atoms with Crippen LogP contribution in [0.4, 0.5) is 0 Å². The summed E-state index contributed by atoms with van der Waals surface area (Å²) in [5.41, 5.74) is -0.133. The fraction of sp³-hybridized carbons (Fsp3) is 0.444. The predicted molar refractivity (Wildman–Crippen MR) is 65.6 cm³/mol. The molecular weight excluding hydrogens is 262 g/mol. The number of rotatable bonds is 2. The average molecular weight is 273 g/mol. The van der Waals surface area contributed by atoms with Crippen LogP contribution in [0.1, 0.15) is 18.9 Å². The molecule has 0 bridgehead atoms. The van der Waals surface area contributed by atoms with E-state index in [1.54, 1.807) is 0 Å². The van der Waals surface area contributed by atoms with Crippen molar-refractivity contribution in [2.24, 2.45) is 7.05 Å². The molecule has 8 heteroatoms. The van der Waals surface area contributed by atoms with Crippen LogP contribution >= 0.6 is 11.3 Å². The van der Waals surface area contributed by atoms with E-state index in [4.69, 9.17) is 0 Å². The molecule has 0 spiro atoms. The zero-order valence-corrected chi connectivity index (χ0v) is 11.1. The van der Waals surface area contributed by atoms with Crippen molar-refractivity contribution in [3.63, 3.8) is 0 Å². The molecule has 2 atom stereocenters. The first-order chi connectivity index (χ1) is 7.91. The minimum absolute atomic E-state index is 0.201. The van der Waals surface area contributed by atoms with E-state index < -0.39 is 17.3 Å². The Morgan fingerprint density at radius 3 is 2.71 bits per heavy atom. The first kappa shape index (κ1) is 12.5. The van der Waals surface area contributed by atoms with Crippen molar-refractivity contribution in [3.8, 4) is 0 Å². The lowest BCUT2D eigenvalue weighted by molar-refractivity contribution is 0.184. The van der Waals surface area contributed by atoms with Crippen LogP contribution < -0.4 is 5.56 Å². The van der Waals surface area contributed by atoms with Crippen molar-refractivity contribution in [1.29, 1.82) is 0 Å². The monoisotopic (exact) mass is 273 g/mol. The summed E-state index contributed by atoms with van der Waals surface area (Å²) in [6.07, 6.45) is 0.660. The van der Waals surface area contributed by atoms with Crippen molar-refractivity contribution in [2.45, 2.75) is 17.4 Å². The second kappa shape index (κ2) is 4.37. The molecule has 1 N–H and O–H groups in total. The Labute approximate surface area is 104 Å². The molecule has 92 valence electrons.